The quantitative estimate of drug-likeness (QED) is 0.464. The summed E-state index contributed by atoms with van der Waals surface area (Å²) in [6.45, 7) is -6.96. The van der Waals surface area contributed by atoms with Crippen LogP contribution in [0, 0.1) is 0 Å². The van der Waals surface area contributed by atoms with Crippen LogP contribution in [0.5, 0.6) is 0 Å². The van der Waals surface area contributed by atoms with Gasteiger partial charge < -0.3 is 4.90 Å². The summed E-state index contributed by atoms with van der Waals surface area (Å²) in [6, 6.07) is 0. The third-order valence-electron chi connectivity index (χ3n) is 0.603. The molecule has 8 heavy (non-hydrogen) atoms. The predicted molar refractivity (Wildman–Crippen MR) is 31.5 cm³/mol. The molecule has 2 heteroatoms. The van der Waals surface area contributed by atoms with Crippen LogP contribution in [0.25, 0.3) is 0 Å². The Labute approximate surface area is 64.9 Å². The summed E-state index contributed by atoms with van der Waals surface area (Å²) >= 11 is 0. The largest absolute Gasteiger partial charge is 0.346 e. The third-order valence-corrected chi connectivity index (χ3v) is 0.603. The van der Waals surface area contributed by atoms with Crippen molar-refractivity contribution in [3.8, 4) is 0 Å². The molecule has 1 rings (SSSR count). The van der Waals surface area contributed by atoms with Gasteiger partial charge in [0.05, 0.1) is 0 Å². The highest BCUT2D eigenvalue weighted by Crippen LogP contribution is 2.06. The number of carbonyl (C=O) groups is 1. The van der Waals surface area contributed by atoms with E-state index in [1.54, 1.807) is 0 Å². The zero-order valence-electron chi connectivity index (χ0n) is 14.9. The molecule has 1 aliphatic heterocycles. The van der Waals surface area contributed by atoms with E-state index in [0.717, 1.165) is 0 Å². The maximum absolute atomic E-state index is 11.8. The number of carbonyl (C=O) groups excluding carboxylic acids is 1. The average molecular weight is 124 g/mol. The van der Waals surface area contributed by atoms with Gasteiger partial charge in [0.2, 0.25) is 5.91 Å². The molecule has 1 fully saturated rings. The first-order valence-electron chi connectivity index (χ1n) is 7.37. The van der Waals surface area contributed by atoms with Crippen LogP contribution in [0.2, 0.25) is 0 Å². The summed E-state index contributed by atoms with van der Waals surface area (Å²) in [5.74, 6) is -1.95. The van der Waals surface area contributed by atoms with Crippen molar-refractivity contribution in [1.82, 2.24) is 4.90 Å². The molecule has 0 aromatic rings. The van der Waals surface area contributed by atoms with Crippen LogP contribution >= 0.6 is 0 Å². The van der Waals surface area contributed by atoms with E-state index in [9.17, 15) is 4.79 Å². The molecule has 0 aliphatic carbocycles. The maximum Gasteiger partial charge on any atom is 0.222 e. The lowest BCUT2D eigenvalue weighted by Crippen LogP contribution is -2.31. The van der Waals surface area contributed by atoms with Crippen molar-refractivity contribution in [2.45, 2.75) is 19.1 Å². The molecule has 2 nitrogen and oxygen atoms in total. The van der Waals surface area contributed by atoms with Gasteiger partial charge in [0.25, 0.3) is 0 Å². The van der Waals surface area contributed by atoms with Gasteiger partial charge in [0.15, 0.2) is 0 Å². The monoisotopic (exact) mass is 124 g/mol. The van der Waals surface area contributed by atoms with Crippen molar-refractivity contribution in [3.05, 3.63) is 0 Å². The van der Waals surface area contributed by atoms with Crippen LogP contribution in [-0.4, -0.2) is 24.3 Å². The normalized spacial score (nSPS) is 68.8. The first-order valence-corrected chi connectivity index (χ1v) is 1.87. The van der Waals surface area contributed by atoms with E-state index in [4.69, 9.17) is 15.1 Å². The molecule has 46 valence electrons. The average Bonchev–Trinajstić information content (AvgIpc) is 2.12. The van der Waals surface area contributed by atoms with Crippen molar-refractivity contribution in [3.63, 3.8) is 0 Å². The molecule has 1 saturated heterocycles. The summed E-state index contributed by atoms with van der Waals surface area (Å²) in [5.41, 5.74) is 0. The Hall–Kier alpha value is -0.530. The van der Waals surface area contributed by atoms with Crippen LogP contribution in [0.15, 0.2) is 0 Å². The Balaban J connectivity index is 3.62. The van der Waals surface area contributed by atoms with Crippen molar-refractivity contribution >= 4 is 5.91 Å². The lowest BCUT2D eigenvalue weighted by molar-refractivity contribution is -0.131. The van der Waals surface area contributed by atoms with Crippen LogP contribution in [0.3, 0.4) is 0 Å². The van der Waals surface area contributed by atoms with Crippen LogP contribution in [0.4, 0.5) is 0 Å². The second-order valence-corrected chi connectivity index (χ2v) is 1.13. The van der Waals surface area contributed by atoms with Crippen LogP contribution < -0.4 is 0 Å². The number of rotatable bonds is 0. The number of hydrogen-bond donors (Lipinski definition) is 0. The van der Waals surface area contributed by atoms with Gasteiger partial charge in [-0.25, -0.2) is 0 Å². The van der Waals surface area contributed by atoms with E-state index >= 15 is 0 Å². The Morgan fingerprint density at radius 2 is 2.75 bits per heavy atom. The SMILES string of the molecule is [2H]C([2H])([2H])N1C(=O)C([2H])([2H])C([2H])([2H])C([2H])([2H])C1([2H])[2H]. The number of piperidine rings is 1. The zero-order chi connectivity index (χ0) is 15.7. The number of nitrogens with zero attached hydrogens (tertiary/aromatic N) is 1. The lowest BCUT2D eigenvalue weighted by Gasteiger charge is -2.21. The fourth-order valence-corrected chi connectivity index (χ4v) is 0.275. The third kappa shape index (κ3) is 0.997. The first kappa shape index (κ1) is 0.917. The summed E-state index contributed by atoms with van der Waals surface area (Å²) in [7, 11) is 0. The highest BCUT2D eigenvalue weighted by Gasteiger charge is 2.12. The smallest absolute Gasteiger partial charge is 0.222 e. The number of hydrogen-bond acceptors (Lipinski definition) is 1. The molecule has 0 atom stereocenters. The fraction of sp³-hybridized carbons (Fsp3) is 0.833. The molecule has 0 unspecified atom stereocenters. The lowest BCUT2D eigenvalue weighted by atomic mass is 10.1. The van der Waals surface area contributed by atoms with Gasteiger partial charge in [-0.2, -0.15) is 0 Å². The Kier molecular flexibility index (Phi) is 0.247. The van der Waals surface area contributed by atoms with Crippen molar-refractivity contribution in [2.24, 2.45) is 0 Å². The van der Waals surface area contributed by atoms with E-state index < -0.39 is 43.4 Å². The minimum Gasteiger partial charge on any atom is -0.346 e. The van der Waals surface area contributed by atoms with Gasteiger partial charge in [-0.3, -0.25) is 4.79 Å². The summed E-state index contributed by atoms with van der Waals surface area (Å²) in [6.07, 6.45) is -10.6. The zero-order valence-corrected chi connectivity index (χ0v) is 3.86. The molecule has 0 radical (unpaired) electrons. The number of amides is 1. The highest BCUT2D eigenvalue weighted by molar-refractivity contribution is 5.76. The molecule has 1 aliphatic rings. The van der Waals surface area contributed by atoms with Gasteiger partial charge >= 0.3 is 0 Å². The molecule has 1 amide bonds. The van der Waals surface area contributed by atoms with E-state index in [2.05, 4.69) is 0 Å². The molecule has 1 heterocycles. The highest BCUT2D eigenvalue weighted by atomic mass is 16.2. The molecule has 0 bridgehead atoms. The van der Waals surface area contributed by atoms with Crippen molar-refractivity contribution in [2.75, 3.05) is 13.5 Å². The first-order chi connectivity index (χ1) is 8.03. The van der Waals surface area contributed by atoms with Gasteiger partial charge in [-0.05, 0) is 12.7 Å². The fourth-order valence-electron chi connectivity index (χ4n) is 0.275. The Bertz CT molecular complexity index is 410. The molecular formula is C6H11NO. The van der Waals surface area contributed by atoms with Crippen molar-refractivity contribution < 1.29 is 19.9 Å². The van der Waals surface area contributed by atoms with Gasteiger partial charge in [-0.1, -0.05) is 0 Å². The van der Waals surface area contributed by atoms with E-state index in [-0.39, 0.29) is 0 Å². The Morgan fingerprint density at radius 3 is 3.50 bits per heavy atom. The Morgan fingerprint density at radius 1 is 1.88 bits per heavy atom. The van der Waals surface area contributed by atoms with Gasteiger partial charge in [0, 0.05) is 34.9 Å². The van der Waals surface area contributed by atoms with Gasteiger partial charge in [0.1, 0.15) is 0 Å². The van der Waals surface area contributed by atoms with Gasteiger partial charge in [-0.15, -0.1) is 0 Å². The minimum absolute atomic E-state index is 0.540. The standard InChI is InChI=1S/C6H11NO/c1-7-5-3-2-4-6(7)8/h2-5H2,1H3/i1D3,2D2,3D2,4D2,5D2. The van der Waals surface area contributed by atoms with Crippen LogP contribution in [0.1, 0.15) is 34.2 Å². The summed E-state index contributed by atoms with van der Waals surface area (Å²) in [4.78, 5) is 11.2. The summed E-state index contributed by atoms with van der Waals surface area (Å²) < 4.78 is 80.2. The molecule has 0 spiro atoms. The summed E-state index contributed by atoms with van der Waals surface area (Å²) in [5, 5.41) is 0. The molecular weight excluding hydrogens is 102 g/mol. The molecule has 0 N–H and O–H groups in total. The molecule has 0 aromatic carbocycles. The van der Waals surface area contributed by atoms with E-state index in [1.165, 1.54) is 0 Å². The molecule has 0 saturated carbocycles. The van der Waals surface area contributed by atoms with Crippen molar-refractivity contribution in [1.29, 1.82) is 0 Å². The number of likely N-dealkylation sites (tertiary alicyclic amines) is 1. The maximum atomic E-state index is 11.8. The second kappa shape index (κ2) is 2.16. The minimum atomic E-state index is -3.55. The van der Waals surface area contributed by atoms with Crippen LogP contribution in [-0.2, 0) is 4.79 Å². The topological polar surface area (TPSA) is 20.3 Å². The molecule has 0 aromatic heterocycles. The van der Waals surface area contributed by atoms with E-state index in [1.807, 2.05) is 0 Å². The van der Waals surface area contributed by atoms with E-state index in [0.29, 0.717) is 0 Å². The predicted octanol–water partition coefficient (Wildman–Crippen LogP) is 0.629. The second-order valence-electron chi connectivity index (χ2n) is 1.13.